The Morgan fingerprint density at radius 3 is 2.63 bits per heavy atom. The van der Waals surface area contributed by atoms with Gasteiger partial charge in [0.2, 0.25) is 0 Å². The van der Waals surface area contributed by atoms with Crippen molar-refractivity contribution in [3.05, 3.63) is 29.8 Å². The number of nitrogens with two attached hydrogens (primary N) is 1. The van der Waals surface area contributed by atoms with Crippen molar-refractivity contribution in [3.8, 4) is 0 Å². The van der Waals surface area contributed by atoms with E-state index in [4.69, 9.17) is 10.5 Å². The molecule has 19 heavy (non-hydrogen) atoms. The molecule has 2 unspecified atom stereocenters. The Hall–Kier alpha value is -1.10. The van der Waals surface area contributed by atoms with Gasteiger partial charge in [-0.15, -0.1) is 0 Å². The second-order valence-electron chi connectivity index (χ2n) is 4.89. The lowest BCUT2D eigenvalue weighted by molar-refractivity contribution is 0.0671. The molecule has 0 heterocycles. The zero-order valence-corrected chi connectivity index (χ0v) is 12.2. The molecular formula is C15H26N2O2. The summed E-state index contributed by atoms with van der Waals surface area (Å²) in [5.41, 5.74) is 7.35. The molecule has 3 N–H and O–H groups in total. The maximum absolute atomic E-state index is 10.4. The first kappa shape index (κ1) is 16.0. The van der Waals surface area contributed by atoms with Crippen LogP contribution in [0.25, 0.3) is 0 Å². The molecule has 0 saturated heterocycles. The SMILES string of the molecule is CCC(C)N(CCOC)CC(O)c1ccccc1N. The fourth-order valence-electron chi connectivity index (χ4n) is 2.09. The van der Waals surface area contributed by atoms with Gasteiger partial charge in [-0.05, 0) is 19.4 Å². The number of aliphatic hydroxyl groups is 1. The number of rotatable bonds is 8. The topological polar surface area (TPSA) is 58.7 Å². The third kappa shape index (κ3) is 4.82. The van der Waals surface area contributed by atoms with E-state index in [2.05, 4.69) is 18.7 Å². The van der Waals surface area contributed by atoms with Crippen molar-refractivity contribution < 1.29 is 9.84 Å². The smallest absolute Gasteiger partial charge is 0.0936 e. The number of benzene rings is 1. The predicted octanol–water partition coefficient (Wildman–Crippen LogP) is 2.05. The molecule has 4 nitrogen and oxygen atoms in total. The summed E-state index contributed by atoms with van der Waals surface area (Å²) < 4.78 is 5.13. The first-order valence-electron chi connectivity index (χ1n) is 6.85. The molecule has 0 bridgehead atoms. The minimum absolute atomic E-state index is 0.412. The lowest BCUT2D eigenvalue weighted by Crippen LogP contribution is -2.38. The predicted molar refractivity (Wildman–Crippen MR) is 79.0 cm³/mol. The van der Waals surface area contributed by atoms with E-state index in [9.17, 15) is 5.11 Å². The van der Waals surface area contributed by atoms with Gasteiger partial charge in [0.25, 0.3) is 0 Å². The third-order valence-electron chi connectivity index (χ3n) is 3.56. The van der Waals surface area contributed by atoms with Crippen LogP contribution >= 0.6 is 0 Å². The van der Waals surface area contributed by atoms with Crippen molar-refractivity contribution in [2.24, 2.45) is 0 Å². The average molecular weight is 266 g/mol. The number of ether oxygens (including phenoxy) is 1. The first-order chi connectivity index (χ1) is 9.10. The standard InChI is InChI=1S/C15H26N2O2/c1-4-12(2)17(9-10-19-3)11-15(18)13-7-5-6-8-14(13)16/h5-8,12,15,18H,4,9-11,16H2,1-3H3. The molecule has 2 atom stereocenters. The number of methoxy groups -OCH3 is 1. The molecule has 0 radical (unpaired) electrons. The van der Waals surface area contributed by atoms with Crippen LogP contribution in [-0.2, 0) is 4.74 Å². The van der Waals surface area contributed by atoms with Gasteiger partial charge in [-0.3, -0.25) is 4.90 Å². The van der Waals surface area contributed by atoms with E-state index in [0.717, 1.165) is 18.5 Å². The molecule has 1 aromatic carbocycles. The molecule has 1 aromatic rings. The summed E-state index contributed by atoms with van der Waals surface area (Å²) >= 11 is 0. The molecule has 108 valence electrons. The summed E-state index contributed by atoms with van der Waals surface area (Å²) in [6.45, 7) is 6.37. The van der Waals surface area contributed by atoms with Gasteiger partial charge < -0.3 is 15.6 Å². The zero-order chi connectivity index (χ0) is 14.3. The summed E-state index contributed by atoms with van der Waals surface area (Å²) in [7, 11) is 1.69. The van der Waals surface area contributed by atoms with Crippen molar-refractivity contribution >= 4 is 5.69 Å². The van der Waals surface area contributed by atoms with Crippen LogP contribution in [0, 0.1) is 0 Å². The molecule has 0 aliphatic rings. The van der Waals surface area contributed by atoms with E-state index < -0.39 is 6.10 Å². The van der Waals surface area contributed by atoms with Crippen molar-refractivity contribution in [1.82, 2.24) is 4.90 Å². The van der Waals surface area contributed by atoms with E-state index in [0.29, 0.717) is 24.9 Å². The monoisotopic (exact) mass is 266 g/mol. The highest BCUT2D eigenvalue weighted by molar-refractivity contribution is 5.47. The van der Waals surface area contributed by atoms with Crippen molar-refractivity contribution in [3.63, 3.8) is 0 Å². The van der Waals surface area contributed by atoms with Gasteiger partial charge in [0.05, 0.1) is 12.7 Å². The average Bonchev–Trinajstić information content (AvgIpc) is 2.42. The Balaban J connectivity index is 2.70. The van der Waals surface area contributed by atoms with Crippen LogP contribution in [0.3, 0.4) is 0 Å². The Morgan fingerprint density at radius 2 is 2.05 bits per heavy atom. The molecule has 0 aliphatic carbocycles. The van der Waals surface area contributed by atoms with Crippen molar-refractivity contribution in [1.29, 1.82) is 0 Å². The number of hydrogen-bond donors (Lipinski definition) is 2. The maximum Gasteiger partial charge on any atom is 0.0936 e. The van der Waals surface area contributed by atoms with Crippen LogP contribution in [0.15, 0.2) is 24.3 Å². The minimum atomic E-state index is -0.563. The van der Waals surface area contributed by atoms with Gasteiger partial charge >= 0.3 is 0 Å². The minimum Gasteiger partial charge on any atom is -0.398 e. The van der Waals surface area contributed by atoms with Gasteiger partial charge in [0.1, 0.15) is 0 Å². The van der Waals surface area contributed by atoms with E-state index in [1.807, 2.05) is 24.3 Å². The number of para-hydroxylation sites is 1. The molecular weight excluding hydrogens is 240 g/mol. The summed E-state index contributed by atoms with van der Waals surface area (Å²) in [5, 5.41) is 10.4. The molecule has 0 amide bonds. The number of nitrogens with zero attached hydrogens (tertiary/aromatic N) is 1. The molecule has 4 heteroatoms. The zero-order valence-electron chi connectivity index (χ0n) is 12.2. The van der Waals surface area contributed by atoms with Crippen LogP contribution in [0.4, 0.5) is 5.69 Å². The second-order valence-corrected chi connectivity index (χ2v) is 4.89. The largest absolute Gasteiger partial charge is 0.398 e. The maximum atomic E-state index is 10.4. The lowest BCUT2D eigenvalue weighted by atomic mass is 10.1. The second kappa shape index (κ2) is 8.15. The van der Waals surface area contributed by atoms with Crippen LogP contribution in [0.1, 0.15) is 31.9 Å². The van der Waals surface area contributed by atoms with Crippen LogP contribution < -0.4 is 5.73 Å². The molecule has 0 saturated carbocycles. The van der Waals surface area contributed by atoms with E-state index in [1.165, 1.54) is 0 Å². The molecule has 0 spiro atoms. The number of aliphatic hydroxyl groups excluding tert-OH is 1. The van der Waals surface area contributed by atoms with Gasteiger partial charge in [-0.1, -0.05) is 25.1 Å². The quantitative estimate of drug-likeness (QED) is 0.707. The summed E-state index contributed by atoms with van der Waals surface area (Å²) in [6, 6.07) is 7.89. The third-order valence-corrected chi connectivity index (χ3v) is 3.56. The normalized spacial score (nSPS) is 14.6. The lowest BCUT2D eigenvalue weighted by Gasteiger charge is -2.30. The van der Waals surface area contributed by atoms with E-state index >= 15 is 0 Å². The van der Waals surface area contributed by atoms with Crippen molar-refractivity contribution in [2.75, 3.05) is 32.5 Å². The molecule has 0 fully saturated rings. The number of anilines is 1. The fourth-order valence-corrected chi connectivity index (χ4v) is 2.09. The highest BCUT2D eigenvalue weighted by Crippen LogP contribution is 2.21. The summed E-state index contributed by atoms with van der Waals surface area (Å²) in [6.07, 6.45) is 0.479. The van der Waals surface area contributed by atoms with Crippen LogP contribution in [0.5, 0.6) is 0 Å². The molecule has 1 rings (SSSR count). The Labute approximate surface area is 116 Å². The van der Waals surface area contributed by atoms with Crippen LogP contribution in [-0.4, -0.2) is 42.9 Å². The van der Waals surface area contributed by atoms with E-state index in [-0.39, 0.29) is 0 Å². The van der Waals surface area contributed by atoms with Gasteiger partial charge in [-0.2, -0.15) is 0 Å². The van der Waals surface area contributed by atoms with Gasteiger partial charge in [0.15, 0.2) is 0 Å². The highest BCUT2D eigenvalue weighted by atomic mass is 16.5. The van der Waals surface area contributed by atoms with E-state index in [1.54, 1.807) is 7.11 Å². The highest BCUT2D eigenvalue weighted by Gasteiger charge is 2.18. The number of nitrogen functional groups attached to an aromatic ring is 1. The summed E-state index contributed by atoms with van der Waals surface area (Å²) in [4.78, 5) is 2.24. The number of hydrogen-bond acceptors (Lipinski definition) is 4. The van der Waals surface area contributed by atoms with Crippen molar-refractivity contribution in [2.45, 2.75) is 32.4 Å². The summed E-state index contributed by atoms with van der Waals surface area (Å²) in [5.74, 6) is 0. The fraction of sp³-hybridized carbons (Fsp3) is 0.600. The van der Waals surface area contributed by atoms with Gasteiger partial charge in [-0.25, -0.2) is 0 Å². The van der Waals surface area contributed by atoms with Crippen LogP contribution in [0.2, 0.25) is 0 Å². The Morgan fingerprint density at radius 1 is 1.37 bits per heavy atom. The first-order valence-corrected chi connectivity index (χ1v) is 6.85. The molecule has 0 aromatic heterocycles. The Kier molecular flexibility index (Phi) is 6.84. The molecule has 0 aliphatic heterocycles. The van der Waals surface area contributed by atoms with Gasteiger partial charge in [0, 0.05) is 37.5 Å². The Bertz CT molecular complexity index is 371.